The van der Waals surface area contributed by atoms with Crippen molar-refractivity contribution in [3.05, 3.63) is 24.3 Å². The van der Waals surface area contributed by atoms with E-state index in [0.717, 1.165) is 127 Å². The first-order valence-electron chi connectivity index (χ1n) is 43.2. The first-order chi connectivity index (χ1) is 50.3. The average Bonchev–Trinajstić information content (AvgIpc) is 0.907. The second kappa shape index (κ2) is 74.6. The number of phosphoric acid groups is 2. The molecule has 0 aliphatic carbocycles. The molecule has 17 nitrogen and oxygen atoms in total. The van der Waals surface area contributed by atoms with Gasteiger partial charge in [-0.2, -0.15) is 0 Å². The van der Waals surface area contributed by atoms with Gasteiger partial charge in [0.2, 0.25) is 0 Å². The molecule has 0 heterocycles. The number of rotatable bonds is 81. The standard InChI is InChI=1S/C85H162O17P2/c1-8-10-11-12-13-14-15-16-21-28-33-38-45-52-59-66-82(87)95-72-80(101-84(89)69-62-55-47-40-35-30-25-24-27-32-37-44-51-58-65-78(7)9-2)74-99-103(91,92)97-70-79(86)71-98-104(93,94)100-75-81(73-96-83(88)67-60-53-48-41-43-50-57-64-77(5)6)102-85(90)68-61-54-46-39-34-29-23-20-18-17-19-22-26-31-36-42-49-56-63-76(3)4/h14-16,21,76-81,86H,8-13,17-20,22-75H2,1-7H3,(H,91,92)(H,93,94)/b15-14-,21-16-/t78?,79?,80-,81-/m1/s1. The highest BCUT2D eigenvalue weighted by atomic mass is 31.2. The number of ether oxygens (including phenoxy) is 4. The number of aliphatic hydroxyl groups is 1. The first kappa shape index (κ1) is 102. The second-order valence-corrected chi connectivity index (χ2v) is 34.0. The Bertz CT molecular complexity index is 2110. The molecule has 0 saturated carbocycles. The van der Waals surface area contributed by atoms with Crippen LogP contribution in [0.2, 0.25) is 0 Å². The number of phosphoric ester groups is 2. The third kappa shape index (κ3) is 76.3. The molecule has 0 aromatic heterocycles. The molecule has 0 saturated heterocycles. The van der Waals surface area contributed by atoms with Gasteiger partial charge in [0.1, 0.15) is 19.3 Å². The summed E-state index contributed by atoms with van der Waals surface area (Å²) in [5, 5.41) is 10.7. The number of esters is 4. The largest absolute Gasteiger partial charge is 0.472 e. The van der Waals surface area contributed by atoms with Gasteiger partial charge in [-0.05, 0) is 69.1 Å². The fourth-order valence-corrected chi connectivity index (χ4v) is 14.2. The Morgan fingerprint density at radius 3 is 0.856 bits per heavy atom. The summed E-state index contributed by atoms with van der Waals surface area (Å²) in [6.45, 7) is 11.9. The number of hydrogen-bond acceptors (Lipinski definition) is 15. The molecule has 0 amide bonds. The summed E-state index contributed by atoms with van der Waals surface area (Å²) >= 11 is 0. The van der Waals surface area contributed by atoms with E-state index in [1.54, 1.807) is 0 Å². The SMILES string of the molecule is CCCCCC/C=C\C=C/CCCCCCCC(=O)OC[C@H](COP(=O)(O)OCC(O)COP(=O)(O)OC[C@@H](COC(=O)CCCCCCCCCC(C)C)OC(=O)CCCCCCCCCCCCCCCCCCCCC(C)C)OC(=O)CCCCCCCCCCCCCCCCC(C)CC. The van der Waals surface area contributed by atoms with Crippen molar-refractivity contribution in [2.75, 3.05) is 39.6 Å². The molecule has 0 spiro atoms. The van der Waals surface area contributed by atoms with E-state index in [-0.39, 0.29) is 25.7 Å². The first-order valence-corrected chi connectivity index (χ1v) is 46.2. The monoisotopic (exact) mass is 1520 g/mol. The van der Waals surface area contributed by atoms with Crippen molar-refractivity contribution in [1.29, 1.82) is 0 Å². The van der Waals surface area contributed by atoms with Crippen molar-refractivity contribution in [1.82, 2.24) is 0 Å². The minimum Gasteiger partial charge on any atom is -0.462 e. The Hall–Kier alpha value is -2.46. The lowest BCUT2D eigenvalue weighted by Gasteiger charge is -2.21. The molecule has 4 unspecified atom stereocenters. The zero-order valence-corrected chi connectivity index (χ0v) is 69.8. The number of aliphatic hydroxyl groups excluding tert-OH is 1. The Balaban J connectivity index is 5.24. The molecule has 6 atom stereocenters. The Morgan fingerprint density at radius 2 is 0.567 bits per heavy atom. The molecule has 0 rings (SSSR count). The Morgan fingerprint density at radius 1 is 0.317 bits per heavy atom. The molecular weight excluding hydrogens is 1350 g/mol. The molecule has 0 radical (unpaired) electrons. The van der Waals surface area contributed by atoms with Crippen LogP contribution in [-0.2, 0) is 65.4 Å². The number of hydrogen-bond donors (Lipinski definition) is 3. The lowest BCUT2D eigenvalue weighted by molar-refractivity contribution is -0.161. The van der Waals surface area contributed by atoms with Gasteiger partial charge in [0, 0.05) is 25.7 Å². The Kier molecular flexibility index (Phi) is 72.9. The molecule has 3 N–H and O–H groups in total. The molecule has 0 bridgehead atoms. The quantitative estimate of drug-likeness (QED) is 0.0169. The summed E-state index contributed by atoms with van der Waals surface area (Å²) < 4.78 is 68.8. The van der Waals surface area contributed by atoms with Crippen LogP contribution in [0.15, 0.2) is 24.3 Å². The summed E-state index contributed by atoms with van der Waals surface area (Å²) in [6, 6.07) is 0. The molecule has 0 aromatic carbocycles. The fourth-order valence-electron chi connectivity index (χ4n) is 12.6. The summed E-state index contributed by atoms with van der Waals surface area (Å²) in [7, 11) is -9.94. The summed E-state index contributed by atoms with van der Waals surface area (Å²) in [5.41, 5.74) is 0. The molecule has 0 fully saturated rings. The van der Waals surface area contributed by atoms with Gasteiger partial charge in [0.25, 0.3) is 0 Å². The minimum absolute atomic E-state index is 0.101. The highest BCUT2D eigenvalue weighted by molar-refractivity contribution is 7.47. The van der Waals surface area contributed by atoms with Crippen LogP contribution in [0.5, 0.6) is 0 Å². The third-order valence-corrected chi connectivity index (χ3v) is 21.5. The maximum atomic E-state index is 13.1. The van der Waals surface area contributed by atoms with Crippen LogP contribution < -0.4 is 0 Å². The zero-order valence-electron chi connectivity index (χ0n) is 68.0. The lowest BCUT2D eigenvalue weighted by atomic mass is 9.99. The van der Waals surface area contributed by atoms with E-state index < -0.39 is 97.5 Å². The van der Waals surface area contributed by atoms with Crippen molar-refractivity contribution in [2.45, 2.75) is 439 Å². The molecule has 104 heavy (non-hydrogen) atoms. The van der Waals surface area contributed by atoms with Crippen molar-refractivity contribution in [3.8, 4) is 0 Å². The van der Waals surface area contributed by atoms with E-state index in [1.807, 2.05) is 0 Å². The van der Waals surface area contributed by atoms with Gasteiger partial charge in [-0.3, -0.25) is 37.3 Å². The molecule has 19 heteroatoms. The summed E-state index contributed by atoms with van der Waals surface area (Å²) in [5.74, 6) is 0.229. The second-order valence-electron chi connectivity index (χ2n) is 31.1. The third-order valence-electron chi connectivity index (χ3n) is 19.6. The molecule has 0 aromatic rings. The minimum atomic E-state index is -4.97. The van der Waals surface area contributed by atoms with Crippen molar-refractivity contribution < 1.29 is 80.2 Å². The average molecular weight is 1520 g/mol. The smallest absolute Gasteiger partial charge is 0.462 e. The van der Waals surface area contributed by atoms with Gasteiger partial charge in [-0.25, -0.2) is 9.13 Å². The van der Waals surface area contributed by atoms with E-state index in [1.165, 1.54) is 205 Å². The predicted octanol–water partition coefficient (Wildman–Crippen LogP) is 25.3. The highest BCUT2D eigenvalue weighted by Crippen LogP contribution is 2.45. The lowest BCUT2D eigenvalue weighted by Crippen LogP contribution is -2.30. The maximum absolute atomic E-state index is 13.1. The van der Waals surface area contributed by atoms with Gasteiger partial charge in [-0.15, -0.1) is 0 Å². The van der Waals surface area contributed by atoms with Crippen molar-refractivity contribution in [2.24, 2.45) is 17.8 Å². The topological polar surface area (TPSA) is 237 Å². The van der Waals surface area contributed by atoms with Gasteiger partial charge in [0.15, 0.2) is 12.2 Å². The van der Waals surface area contributed by atoms with Crippen LogP contribution >= 0.6 is 15.6 Å². The molecule has 614 valence electrons. The van der Waals surface area contributed by atoms with Gasteiger partial charge >= 0.3 is 39.5 Å². The zero-order chi connectivity index (χ0) is 76.5. The van der Waals surface area contributed by atoms with Crippen molar-refractivity contribution >= 4 is 39.5 Å². The van der Waals surface area contributed by atoms with Crippen LogP contribution in [0.1, 0.15) is 421 Å². The fraction of sp³-hybridized carbons (Fsp3) is 0.906. The number of carbonyl (C=O) groups excluding carboxylic acids is 4. The molecule has 0 aliphatic heterocycles. The number of allylic oxidation sites excluding steroid dienone is 4. The molecular formula is C85H162O17P2. The van der Waals surface area contributed by atoms with E-state index in [9.17, 15) is 43.2 Å². The predicted molar refractivity (Wildman–Crippen MR) is 427 cm³/mol. The summed E-state index contributed by atoms with van der Waals surface area (Å²) in [4.78, 5) is 73.1. The van der Waals surface area contributed by atoms with E-state index in [2.05, 4.69) is 72.8 Å². The van der Waals surface area contributed by atoms with Crippen LogP contribution in [0, 0.1) is 17.8 Å². The van der Waals surface area contributed by atoms with Crippen molar-refractivity contribution in [3.63, 3.8) is 0 Å². The Labute approximate surface area is 637 Å². The van der Waals surface area contributed by atoms with E-state index in [4.69, 9.17) is 37.0 Å². The maximum Gasteiger partial charge on any atom is 0.472 e. The number of unbranched alkanes of at least 4 members (excludes halogenated alkanes) is 45. The highest BCUT2D eigenvalue weighted by Gasteiger charge is 2.30. The summed E-state index contributed by atoms with van der Waals surface area (Å²) in [6.07, 6.45) is 67.5. The number of carbonyl (C=O) groups is 4. The van der Waals surface area contributed by atoms with E-state index in [0.29, 0.717) is 31.6 Å². The molecule has 0 aliphatic rings. The van der Waals surface area contributed by atoms with Crippen LogP contribution in [0.4, 0.5) is 0 Å². The normalized spacial score (nSPS) is 14.3. The van der Waals surface area contributed by atoms with E-state index >= 15 is 0 Å². The van der Waals surface area contributed by atoms with Gasteiger partial charge in [-0.1, -0.05) is 368 Å². The van der Waals surface area contributed by atoms with Crippen LogP contribution in [-0.4, -0.2) is 96.7 Å². The van der Waals surface area contributed by atoms with Crippen LogP contribution in [0.3, 0.4) is 0 Å². The van der Waals surface area contributed by atoms with Gasteiger partial charge in [0.05, 0.1) is 26.4 Å². The van der Waals surface area contributed by atoms with Gasteiger partial charge < -0.3 is 33.8 Å². The van der Waals surface area contributed by atoms with Crippen LogP contribution in [0.25, 0.3) is 0 Å².